The van der Waals surface area contributed by atoms with Gasteiger partial charge in [0.25, 0.3) is 5.56 Å². The van der Waals surface area contributed by atoms with E-state index >= 15 is 0 Å². The van der Waals surface area contributed by atoms with Crippen LogP contribution in [-0.2, 0) is 11.8 Å². The number of rotatable bonds is 2. The lowest BCUT2D eigenvalue weighted by Crippen LogP contribution is -2.35. The van der Waals surface area contributed by atoms with Crippen molar-refractivity contribution in [2.24, 2.45) is 7.05 Å². The lowest BCUT2D eigenvalue weighted by Gasteiger charge is -2.15. The number of nitrogens with one attached hydrogen (secondary N) is 1. The maximum atomic E-state index is 12.3. The molecule has 0 aliphatic carbocycles. The zero-order valence-corrected chi connectivity index (χ0v) is 11.5. The zero-order chi connectivity index (χ0) is 16.2. The summed E-state index contributed by atoms with van der Waals surface area (Å²) in [6, 6.07) is 0. The molecule has 3 heterocycles. The Morgan fingerprint density at radius 1 is 1.36 bits per heavy atom. The monoisotopic (exact) mass is 313 g/mol. The normalized spacial score (nSPS) is 28.5. The molecule has 120 valence electrons. The SMILES string of the molecule is Cn1c(=O)n([C@@H]2O[C@H](CO)[C@H](O)[C@H]2O)c2nc(N)[nH]c(=O)c21. The standard InChI is InChI=1S/C11H15N5O6/c1-15-4-7(13-10(12)14-8(4)20)16(11(15)21)9-6(19)5(18)3(2-17)22-9/h3,5-6,9,17-19H,2H2,1H3,(H3,12,13,14,20)/t3-,5+,6-,9-/m1/s1. The number of hydrogen-bond acceptors (Lipinski definition) is 8. The summed E-state index contributed by atoms with van der Waals surface area (Å²) < 4.78 is 7.28. The second kappa shape index (κ2) is 4.91. The van der Waals surface area contributed by atoms with Crippen LogP contribution in [0.2, 0.25) is 0 Å². The van der Waals surface area contributed by atoms with Crippen LogP contribution < -0.4 is 17.0 Å². The van der Waals surface area contributed by atoms with E-state index in [1.54, 1.807) is 0 Å². The van der Waals surface area contributed by atoms with E-state index in [0.717, 1.165) is 9.13 Å². The number of aliphatic hydroxyl groups excluding tert-OH is 3. The van der Waals surface area contributed by atoms with E-state index < -0.39 is 42.4 Å². The molecule has 4 atom stereocenters. The minimum atomic E-state index is -1.47. The van der Waals surface area contributed by atoms with Gasteiger partial charge in [0.1, 0.15) is 18.3 Å². The van der Waals surface area contributed by atoms with Crippen LogP contribution in [0.15, 0.2) is 9.59 Å². The Labute approximate surface area is 122 Å². The number of fused-ring (bicyclic) bond motifs is 1. The number of imidazole rings is 1. The molecule has 1 aliphatic rings. The van der Waals surface area contributed by atoms with Crippen LogP contribution in [0.4, 0.5) is 5.95 Å². The molecule has 1 saturated heterocycles. The Morgan fingerprint density at radius 2 is 2.05 bits per heavy atom. The van der Waals surface area contributed by atoms with Crippen molar-refractivity contribution < 1.29 is 20.1 Å². The van der Waals surface area contributed by atoms with E-state index in [1.165, 1.54) is 7.05 Å². The van der Waals surface area contributed by atoms with Crippen LogP contribution in [0.5, 0.6) is 0 Å². The predicted molar refractivity (Wildman–Crippen MR) is 73.0 cm³/mol. The molecule has 22 heavy (non-hydrogen) atoms. The average Bonchev–Trinajstić information content (AvgIpc) is 2.87. The first kappa shape index (κ1) is 14.7. The molecule has 0 radical (unpaired) electrons. The first-order chi connectivity index (χ1) is 10.4. The number of ether oxygens (including phenoxy) is 1. The number of aryl methyl sites for hydroxylation is 1. The summed E-state index contributed by atoms with van der Waals surface area (Å²) in [5.74, 6) is -0.205. The summed E-state index contributed by atoms with van der Waals surface area (Å²) in [6.45, 7) is -0.537. The molecule has 0 aromatic carbocycles. The highest BCUT2D eigenvalue weighted by atomic mass is 16.6. The molecule has 0 bridgehead atoms. The molecule has 6 N–H and O–H groups in total. The summed E-state index contributed by atoms with van der Waals surface area (Å²) in [5.41, 5.74) is 4.07. The maximum absolute atomic E-state index is 12.3. The van der Waals surface area contributed by atoms with Crippen molar-refractivity contribution in [3.8, 4) is 0 Å². The second-order valence-corrected chi connectivity index (χ2v) is 5.06. The highest BCUT2D eigenvalue weighted by Gasteiger charge is 2.45. The molecule has 3 rings (SSSR count). The van der Waals surface area contributed by atoms with Crippen molar-refractivity contribution in [1.29, 1.82) is 0 Å². The molecular formula is C11H15N5O6. The average molecular weight is 313 g/mol. The first-order valence-electron chi connectivity index (χ1n) is 6.46. The van der Waals surface area contributed by atoms with Gasteiger partial charge in [-0.05, 0) is 0 Å². The van der Waals surface area contributed by atoms with Gasteiger partial charge in [0.05, 0.1) is 6.61 Å². The lowest BCUT2D eigenvalue weighted by atomic mass is 10.1. The van der Waals surface area contributed by atoms with Crippen molar-refractivity contribution in [3.05, 3.63) is 20.8 Å². The molecule has 1 fully saturated rings. The second-order valence-electron chi connectivity index (χ2n) is 5.06. The maximum Gasteiger partial charge on any atom is 0.332 e. The van der Waals surface area contributed by atoms with Gasteiger partial charge in [-0.15, -0.1) is 0 Å². The fourth-order valence-corrected chi connectivity index (χ4v) is 2.61. The van der Waals surface area contributed by atoms with Crippen LogP contribution in [0.25, 0.3) is 11.2 Å². The Hall–Kier alpha value is -2.21. The summed E-state index contributed by atoms with van der Waals surface area (Å²) in [4.78, 5) is 30.4. The van der Waals surface area contributed by atoms with Gasteiger partial charge in [0.2, 0.25) is 5.95 Å². The largest absolute Gasteiger partial charge is 0.394 e. The summed E-state index contributed by atoms with van der Waals surface area (Å²) in [5, 5.41) is 29.0. The number of H-pyrrole nitrogens is 1. The third-order valence-electron chi connectivity index (χ3n) is 3.72. The highest BCUT2D eigenvalue weighted by molar-refractivity contribution is 5.71. The van der Waals surface area contributed by atoms with Gasteiger partial charge >= 0.3 is 5.69 Å². The smallest absolute Gasteiger partial charge is 0.332 e. The quantitative estimate of drug-likeness (QED) is 0.382. The van der Waals surface area contributed by atoms with Crippen molar-refractivity contribution in [3.63, 3.8) is 0 Å². The number of anilines is 1. The zero-order valence-electron chi connectivity index (χ0n) is 11.5. The molecule has 0 unspecified atom stereocenters. The van der Waals surface area contributed by atoms with Gasteiger partial charge in [-0.25, -0.2) is 9.36 Å². The van der Waals surface area contributed by atoms with Crippen molar-refractivity contribution in [2.75, 3.05) is 12.3 Å². The molecule has 2 aromatic heterocycles. The predicted octanol–water partition coefficient (Wildman–Crippen LogP) is -3.38. The number of aliphatic hydroxyl groups is 3. The van der Waals surface area contributed by atoms with E-state index in [4.69, 9.17) is 15.6 Å². The minimum absolute atomic E-state index is 0.0445. The van der Waals surface area contributed by atoms with Crippen LogP contribution in [0.3, 0.4) is 0 Å². The molecular weight excluding hydrogens is 298 g/mol. The summed E-state index contributed by atoms with van der Waals surface area (Å²) in [6.07, 6.45) is -5.20. The molecule has 11 heteroatoms. The Morgan fingerprint density at radius 3 is 2.64 bits per heavy atom. The van der Waals surface area contributed by atoms with E-state index in [1.807, 2.05) is 0 Å². The molecule has 0 saturated carbocycles. The number of hydrogen-bond donors (Lipinski definition) is 5. The first-order valence-corrected chi connectivity index (χ1v) is 6.46. The fourth-order valence-electron chi connectivity index (χ4n) is 2.61. The van der Waals surface area contributed by atoms with Gasteiger partial charge < -0.3 is 25.8 Å². The van der Waals surface area contributed by atoms with Crippen molar-refractivity contribution in [2.45, 2.75) is 24.5 Å². The van der Waals surface area contributed by atoms with Gasteiger partial charge in [-0.1, -0.05) is 0 Å². The number of nitrogens with two attached hydrogens (primary N) is 1. The van der Waals surface area contributed by atoms with E-state index in [-0.39, 0.29) is 17.1 Å². The van der Waals surface area contributed by atoms with E-state index in [2.05, 4.69) is 9.97 Å². The molecule has 0 spiro atoms. The Bertz CT molecular complexity index is 838. The Balaban J connectivity index is 2.26. The molecule has 11 nitrogen and oxygen atoms in total. The number of aromatic amines is 1. The van der Waals surface area contributed by atoms with Gasteiger partial charge in [-0.3, -0.25) is 14.3 Å². The molecule has 2 aromatic rings. The van der Waals surface area contributed by atoms with Crippen LogP contribution in [0, 0.1) is 0 Å². The van der Waals surface area contributed by atoms with Crippen LogP contribution in [-0.4, -0.2) is 59.3 Å². The Kier molecular flexibility index (Phi) is 3.29. The summed E-state index contributed by atoms with van der Waals surface area (Å²) >= 11 is 0. The fraction of sp³-hybridized carbons (Fsp3) is 0.545. The van der Waals surface area contributed by atoms with Crippen LogP contribution in [0.1, 0.15) is 6.23 Å². The third-order valence-corrected chi connectivity index (χ3v) is 3.72. The third kappa shape index (κ3) is 1.87. The topological polar surface area (TPSA) is 169 Å². The highest BCUT2D eigenvalue weighted by Crippen LogP contribution is 2.29. The van der Waals surface area contributed by atoms with Crippen molar-refractivity contribution in [1.82, 2.24) is 19.1 Å². The van der Waals surface area contributed by atoms with Gasteiger partial charge in [0, 0.05) is 7.05 Å². The van der Waals surface area contributed by atoms with Gasteiger partial charge in [0.15, 0.2) is 17.4 Å². The van der Waals surface area contributed by atoms with E-state index in [9.17, 15) is 19.8 Å². The molecule has 0 amide bonds. The number of aromatic nitrogens is 4. The minimum Gasteiger partial charge on any atom is -0.394 e. The number of nitrogens with zero attached hydrogens (tertiary/aromatic N) is 3. The van der Waals surface area contributed by atoms with Gasteiger partial charge in [-0.2, -0.15) is 4.98 Å². The number of nitrogen functional groups attached to an aromatic ring is 1. The van der Waals surface area contributed by atoms with Crippen LogP contribution >= 0.6 is 0 Å². The van der Waals surface area contributed by atoms with Crippen molar-refractivity contribution >= 4 is 17.1 Å². The lowest BCUT2D eigenvalue weighted by molar-refractivity contribution is -0.0527. The van der Waals surface area contributed by atoms with E-state index in [0.29, 0.717) is 0 Å². The summed E-state index contributed by atoms with van der Waals surface area (Å²) in [7, 11) is 1.36. The molecule has 1 aliphatic heterocycles.